The van der Waals surface area contributed by atoms with Crippen LogP contribution in [0, 0.1) is 17.8 Å². The summed E-state index contributed by atoms with van der Waals surface area (Å²) < 4.78 is 0. The molecule has 2 aliphatic carbocycles. The molecule has 116 valence electrons. The Hall–Kier alpha value is -2.35. The van der Waals surface area contributed by atoms with Crippen LogP contribution < -0.4 is 0 Å². The highest BCUT2D eigenvalue weighted by Gasteiger charge is 2.48. The first-order chi connectivity index (χ1) is 11.3. The van der Waals surface area contributed by atoms with Gasteiger partial charge in [-0.25, -0.2) is 0 Å². The first-order valence-electron chi connectivity index (χ1n) is 8.33. The molecule has 0 amide bonds. The SMILES string of the molecule is O=C(O)[C@H]1C[C@@H]2CC[C@H]1C2=C(c1ccccc1)c1ccccc1. The fourth-order valence-electron chi connectivity index (χ4n) is 4.50. The number of carboxylic acids is 1. The minimum absolute atomic E-state index is 0.202. The Bertz CT molecular complexity index is 704. The van der Waals surface area contributed by atoms with E-state index in [2.05, 4.69) is 48.5 Å². The predicted molar refractivity (Wildman–Crippen MR) is 90.9 cm³/mol. The van der Waals surface area contributed by atoms with E-state index in [9.17, 15) is 9.90 Å². The third kappa shape index (κ3) is 2.39. The van der Waals surface area contributed by atoms with Crippen LogP contribution >= 0.6 is 0 Å². The van der Waals surface area contributed by atoms with E-state index in [0.717, 1.165) is 19.3 Å². The molecule has 0 aliphatic heterocycles. The van der Waals surface area contributed by atoms with Crippen molar-refractivity contribution >= 4 is 11.5 Å². The van der Waals surface area contributed by atoms with Crippen LogP contribution in [-0.4, -0.2) is 11.1 Å². The molecule has 2 nitrogen and oxygen atoms in total. The summed E-state index contributed by atoms with van der Waals surface area (Å²) in [5.41, 5.74) is 5.06. The highest BCUT2D eigenvalue weighted by atomic mass is 16.4. The van der Waals surface area contributed by atoms with E-state index in [1.165, 1.54) is 22.3 Å². The maximum Gasteiger partial charge on any atom is 0.307 e. The molecule has 3 atom stereocenters. The van der Waals surface area contributed by atoms with Gasteiger partial charge >= 0.3 is 5.97 Å². The average Bonchev–Trinajstić information content (AvgIpc) is 3.15. The Morgan fingerprint density at radius 2 is 1.43 bits per heavy atom. The fraction of sp³-hybridized carbons (Fsp3) is 0.286. The van der Waals surface area contributed by atoms with Crippen molar-refractivity contribution in [2.24, 2.45) is 17.8 Å². The summed E-state index contributed by atoms with van der Waals surface area (Å²) in [6, 6.07) is 20.9. The van der Waals surface area contributed by atoms with Crippen molar-refractivity contribution in [3.8, 4) is 0 Å². The van der Waals surface area contributed by atoms with E-state index >= 15 is 0 Å². The first kappa shape index (κ1) is 14.3. The minimum atomic E-state index is -0.629. The molecule has 4 rings (SSSR count). The zero-order valence-corrected chi connectivity index (χ0v) is 13.0. The zero-order chi connectivity index (χ0) is 15.8. The molecule has 0 saturated heterocycles. The van der Waals surface area contributed by atoms with E-state index in [-0.39, 0.29) is 11.8 Å². The van der Waals surface area contributed by atoms with Crippen molar-refractivity contribution in [2.75, 3.05) is 0 Å². The van der Waals surface area contributed by atoms with Crippen LogP contribution in [0.3, 0.4) is 0 Å². The lowest BCUT2D eigenvalue weighted by atomic mass is 9.86. The maximum absolute atomic E-state index is 11.6. The van der Waals surface area contributed by atoms with Gasteiger partial charge in [-0.2, -0.15) is 0 Å². The molecule has 0 unspecified atom stereocenters. The van der Waals surface area contributed by atoms with Crippen LogP contribution in [0.1, 0.15) is 30.4 Å². The number of aliphatic carboxylic acids is 1. The van der Waals surface area contributed by atoms with Crippen LogP contribution in [0.15, 0.2) is 66.2 Å². The predicted octanol–water partition coefficient (Wildman–Crippen LogP) is 4.62. The monoisotopic (exact) mass is 304 g/mol. The molecular weight excluding hydrogens is 284 g/mol. The number of hydrogen-bond donors (Lipinski definition) is 1. The van der Waals surface area contributed by atoms with Crippen LogP contribution in [0.4, 0.5) is 0 Å². The third-order valence-corrected chi connectivity index (χ3v) is 5.42. The van der Waals surface area contributed by atoms with Crippen molar-refractivity contribution in [2.45, 2.75) is 19.3 Å². The lowest BCUT2D eigenvalue weighted by molar-refractivity contribution is -0.143. The second kappa shape index (κ2) is 5.69. The van der Waals surface area contributed by atoms with Crippen molar-refractivity contribution in [3.05, 3.63) is 77.4 Å². The third-order valence-electron chi connectivity index (χ3n) is 5.42. The summed E-state index contributed by atoms with van der Waals surface area (Å²) >= 11 is 0. The van der Waals surface area contributed by atoms with Gasteiger partial charge in [-0.3, -0.25) is 4.79 Å². The number of allylic oxidation sites excluding steroid dienone is 1. The molecule has 2 aromatic rings. The maximum atomic E-state index is 11.6. The van der Waals surface area contributed by atoms with E-state index in [4.69, 9.17) is 0 Å². The summed E-state index contributed by atoms with van der Waals surface area (Å²) in [6.45, 7) is 0. The van der Waals surface area contributed by atoms with Gasteiger partial charge in [0.1, 0.15) is 0 Å². The summed E-state index contributed by atoms with van der Waals surface area (Å²) in [7, 11) is 0. The van der Waals surface area contributed by atoms with Crippen molar-refractivity contribution in [3.63, 3.8) is 0 Å². The number of benzene rings is 2. The summed E-state index contributed by atoms with van der Waals surface area (Å²) in [4.78, 5) is 11.6. The Kier molecular flexibility index (Phi) is 3.53. The van der Waals surface area contributed by atoms with E-state index in [1.54, 1.807) is 0 Å². The summed E-state index contributed by atoms with van der Waals surface area (Å²) in [6.07, 6.45) is 2.95. The van der Waals surface area contributed by atoms with Gasteiger partial charge in [0.05, 0.1) is 5.92 Å². The average molecular weight is 304 g/mol. The van der Waals surface area contributed by atoms with Gasteiger partial charge in [0.25, 0.3) is 0 Å². The lowest BCUT2D eigenvalue weighted by Gasteiger charge is -2.18. The molecule has 0 heterocycles. The number of rotatable bonds is 3. The van der Waals surface area contributed by atoms with Gasteiger partial charge in [0, 0.05) is 0 Å². The molecule has 1 N–H and O–H groups in total. The van der Waals surface area contributed by atoms with Crippen LogP contribution in [-0.2, 0) is 4.79 Å². The zero-order valence-electron chi connectivity index (χ0n) is 13.0. The molecule has 2 fully saturated rings. The number of carbonyl (C=O) groups is 1. The van der Waals surface area contributed by atoms with E-state index in [1.807, 2.05) is 12.1 Å². The Labute approximate surface area is 136 Å². The first-order valence-corrected chi connectivity index (χ1v) is 8.33. The summed E-state index contributed by atoms with van der Waals surface area (Å²) in [5, 5.41) is 9.55. The van der Waals surface area contributed by atoms with E-state index < -0.39 is 5.97 Å². The Morgan fingerprint density at radius 1 is 0.870 bits per heavy atom. The second-order valence-corrected chi connectivity index (χ2v) is 6.62. The molecule has 23 heavy (non-hydrogen) atoms. The van der Waals surface area contributed by atoms with Crippen molar-refractivity contribution < 1.29 is 9.90 Å². The van der Waals surface area contributed by atoms with Gasteiger partial charge in [-0.15, -0.1) is 0 Å². The molecule has 0 aromatic heterocycles. The standard InChI is InChI=1S/C21H20O2/c22-21(23)18-13-16-11-12-17(18)20(16)19(14-7-3-1-4-8-14)15-9-5-2-6-10-15/h1-10,16-18H,11-13H2,(H,22,23)/t16-,17+,18-/m0/s1. The molecule has 0 radical (unpaired) electrons. The fourth-order valence-corrected chi connectivity index (χ4v) is 4.50. The van der Waals surface area contributed by atoms with Gasteiger partial charge in [0.15, 0.2) is 0 Å². The molecule has 0 spiro atoms. The van der Waals surface area contributed by atoms with Crippen LogP contribution in [0.5, 0.6) is 0 Å². The van der Waals surface area contributed by atoms with Crippen LogP contribution in [0.2, 0.25) is 0 Å². The Morgan fingerprint density at radius 3 is 1.91 bits per heavy atom. The minimum Gasteiger partial charge on any atom is -0.481 e. The highest BCUT2D eigenvalue weighted by Crippen LogP contribution is 2.55. The highest BCUT2D eigenvalue weighted by molar-refractivity contribution is 5.85. The quantitative estimate of drug-likeness (QED) is 0.898. The largest absolute Gasteiger partial charge is 0.481 e. The molecule has 2 bridgehead atoms. The van der Waals surface area contributed by atoms with Gasteiger partial charge in [0.2, 0.25) is 0 Å². The molecule has 2 saturated carbocycles. The van der Waals surface area contributed by atoms with Crippen molar-refractivity contribution in [1.82, 2.24) is 0 Å². The smallest absolute Gasteiger partial charge is 0.307 e. The molecule has 2 aromatic carbocycles. The second-order valence-electron chi connectivity index (χ2n) is 6.62. The van der Waals surface area contributed by atoms with Crippen LogP contribution in [0.25, 0.3) is 5.57 Å². The molecule has 2 aliphatic rings. The Balaban J connectivity index is 1.91. The molecule has 2 heteroatoms. The molecular formula is C21H20O2. The summed E-state index contributed by atoms with van der Waals surface area (Å²) in [5.74, 6) is -0.203. The number of hydrogen-bond acceptors (Lipinski definition) is 1. The number of carboxylic acid groups (broad SMARTS) is 1. The normalized spacial score (nSPS) is 25.6. The van der Waals surface area contributed by atoms with Gasteiger partial charge < -0.3 is 5.11 Å². The topological polar surface area (TPSA) is 37.3 Å². The van der Waals surface area contributed by atoms with Gasteiger partial charge in [-0.1, -0.05) is 66.2 Å². The van der Waals surface area contributed by atoms with Crippen molar-refractivity contribution in [1.29, 1.82) is 0 Å². The van der Waals surface area contributed by atoms with E-state index in [0.29, 0.717) is 5.92 Å². The van der Waals surface area contributed by atoms with Gasteiger partial charge in [-0.05, 0) is 47.8 Å². The number of fused-ring (bicyclic) bond motifs is 2. The lowest BCUT2D eigenvalue weighted by Crippen LogP contribution is -2.20.